The molecule has 12 heavy (non-hydrogen) atoms. The number of hydrogen-bond acceptors (Lipinski definition) is 2. The van der Waals surface area contributed by atoms with Crippen LogP contribution in [0, 0.1) is 0 Å². The Bertz CT molecular complexity index is 258. The third-order valence-electron chi connectivity index (χ3n) is 1.09. The average Bonchev–Trinajstić information content (AvgIpc) is 1.84. The van der Waals surface area contributed by atoms with Crippen LogP contribution in [0.15, 0.2) is 28.4 Å². The average molecular weight is 167 g/mol. The van der Waals surface area contributed by atoms with Crippen LogP contribution >= 0.6 is 0 Å². The van der Waals surface area contributed by atoms with Gasteiger partial charge in [0.05, 0.1) is 0 Å². The molecule has 66 valence electrons. The van der Waals surface area contributed by atoms with Gasteiger partial charge in [0.15, 0.2) is 0 Å². The smallest absolute Gasteiger partial charge is 0.354 e. The highest BCUT2D eigenvalue weighted by molar-refractivity contribution is 5.90. The molecule has 3 heteroatoms. The summed E-state index contributed by atoms with van der Waals surface area (Å²) in [5, 5.41) is 8.66. The Morgan fingerprint density at radius 3 is 2.17 bits per heavy atom. The fourth-order valence-corrected chi connectivity index (χ4v) is 0.573. The maximum Gasteiger partial charge on any atom is 0.354 e. The molecule has 0 aliphatic heterocycles. The zero-order chi connectivity index (χ0) is 9.72. The molecule has 0 atom stereocenters. The van der Waals surface area contributed by atoms with E-state index in [0.29, 0.717) is 5.57 Å². The largest absolute Gasteiger partial charge is 0.477 e. The van der Waals surface area contributed by atoms with Crippen LogP contribution in [0.1, 0.15) is 20.8 Å². The monoisotopic (exact) mass is 167 g/mol. The van der Waals surface area contributed by atoms with Gasteiger partial charge in [-0.3, -0.25) is 0 Å². The summed E-state index contributed by atoms with van der Waals surface area (Å²) in [6.45, 7) is 8.75. The zero-order valence-corrected chi connectivity index (χ0v) is 7.59. The fraction of sp³-hybridized carbons (Fsp3) is 0.333. The molecule has 0 spiro atoms. The highest BCUT2D eigenvalue weighted by Gasteiger charge is 2.05. The number of aliphatic carboxylic acids is 1. The van der Waals surface area contributed by atoms with Crippen molar-refractivity contribution in [3.8, 4) is 0 Å². The topological polar surface area (TPSA) is 49.7 Å². The lowest BCUT2D eigenvalue weighted by Gasteiger charge is -1.96. The van der Waals surface area contributed by atoms with E-state index >= 15 is 0 Å². The Labute approximate surface area is 72.1 Å². The molecule has 0 fully saturated rings. The van der Waals surface area contributed by atoms with Gasteiger partial charge in [0.1, 0.15) is 5.70 Å². The second kappa shape index (κ2) is 4.49. The van der Waals surface area contributed by atoms with Crippen molar-refractivity contribution in [2.75, 3.05) is 0 Å². The summed E-state index contributed by atoms with van der Waals surface area (Å²) in [4.78, 5) is 14.3. The number of carboxylic acid groups (broad SMARTS) is 1. The molecule has 0 rings (SSSR count). The number of aliphatic imine (C=N–C) groups is 1. The second-order valence-corrected chi connectivity index (χ2v) is 2.76. The van der Waals surface area contributed by atoms with Crippen LogP contribution in [0.25, 0.3) is 0 Å². The summed E-state index contributed by atoms with van der Waals surface area (Å²) in [6.07, 6.45) is 1.44. The lowest BCUT2D eigenvalue weighted by Crippen LogP contribution is -2.00. The summed E-state index contributed by atoms with van der Waals surface area (Å²) in [7, 11) is 0. The third-order valence-corrected chi connectivity index (χ3v) is 1.09. The predicted molar refractivity (Wildman–Crippen MR) is 49.3 cm³/mol. The number of allylic oxidation sites excluding steroid dienone is 2. The maximum absolute atomic E-state index is 10.6. The first kappa shape index (κ1) is 10.6. The minimum absolute atomic E-state index is 0.0815. The molecular formula is C9H13NO2. The summed E-state index contributed by atoms with van der Waals surface area (Å²) in [5.41, 5.74) is 1.49. The van der Waals surface area contributed by atoms with Crippen LogP contribution in [-0.2, 0) is 4.79 Å². The number of hydrogen-bond donors (Lipinski definition) is 1. The first-order valence-corrected chi connectivity index (χ1v) is 3.55. The SMILES string of the molecule is C=C(C)/C=N\C(C(=O)O)=C(C)C. The van der Waals surface area contributed by atoms with Gasteiger partial charge in [0.2, 0.25) is 0 Å². The van der Waals surface area contributed by atoms with Crippen molar-refractivity contribution in [1.82, 2.24) is 0 Å². The van der Waals surface area contributed by atoms with E-state index in [4.69, 9.17) is 5.11 Å². The van der Waals surface area contributed by atoms with Gasteiger partial charge in [-0.2, -0.15) is 0 Å². The Hall–Kier alpha value is -1.38. The summed E-state index contributed by atoms with van der Waals surface area (Å²) in [5.74, 6) is -1.01. The van der Waals surface area contributed by atoms with Gasteiger partial charge in [-0.05, 0) is 31.9 Å². The van der Waals surface area contributed by atoms with Crippen LogP contribution in [0.5, 0.6) is 0 Å². The minimum Gasteiger partial charge on any atom is -0.477 e. The number of rotatable bonds is 3. The molecule has 0 unspecified atom stereocenters. The highest BCUT2D eigenvalue weighted by atomic mass is 16.4. The highest BCUT2D eigenvalue weighted by Crippen LogP contribution is 2.04. The van der Waals surface area contributed by atoms with Crippen molar-refractivity contribution in [3.63, 3.8) is 0 Å². The Morgan fingerprint density at radius 2 is 1.92 bits per heavy atom. The van der Waals surface area contributed by atoms with Crippen molar-refractivity contribution in [2.24, 2.45) is 4.99 Å². The second-order valence-electron chi connectivity index (χ2n) is 2.76. The molecule has 3 nitrogen and oxygen atoms in total. The maximum atomic E-state index is 10.6. The standard InChI is InChI=1S/C9H13NO2/c1-6(2)5-10-8(7(3)4)9(11)12/h5H,1H2,2-4H3,(H,11,12)/b10-5-. The zero-order valence-electron chi connectivity index (χ0n) is 7.59. The van der Waals surface area contributed by atoms with E-state index in [1.54, 1.807) is 20.8 Å². The van der Waals surface area contributed by atoms with Crippen LogP contribution in [0.4, 0.5) is 0 Å². The van der Waals surface area contributed by atoms with Crippen molar-refractivity contribution in [1.29, 1.82) is 0 Å². The van der Waals surface area contributed by atoms with Crippen molar-refractivity contribution >= 4 is 12.2 Å². The van der Waals surface area contributed by atoms with E-state index in [-0.39, 0.29) is 5.70 Å². The van der Waals surface area contributed by atoms with Gasteiger partial charge in [0, 0.05) is 6.21 Å². The molecule has 0 radical (unpaired) electrons. The molecule has 0 aliphatic rings. The van der Waals surface area contributed by atoms with Crippen LogP contribution in [0.3, 0.4) is 0 Å². The molecule has 0 aromatic heterocycles. The molecule has 0 bridgehead atoms. The predicted octanol–water partition coefficient (Wildman–Crippen LogP) is 2.01. The van der Waals surface area contributed by atoms with Crippen molar-refractivity contribution in [3.05, 3.63) is 23.4 Å². The molecule has 0 aromatic carbocycles. The van der Waals surface area contributed by atoms with Gasteiger partial charge in [-0.15, -0.1) is 0 Å². The Balaban J connectivity index is 4.70. The van der Waals surface area contributed by atoms with E-state index in [1.807, 2.05) is 0 Å². The van der Waals surface area contributed by atoms with E-state index in [2.05, 4.69) is 11.6 Å². The minimum atomic E-state index is -1.01. The Kier molecular flexibility index (Phi) is 3.97. The quantitative estimate of drug-likeness (QED) is 0.516. The molecule has 0 amide bonds. The normalized spacial score (nSPS) is 9.92. The van der Waals surface area contributed by atoms with Gasteiger partial charge in [-0.1, -0.05) is 6.58 Å². The first-order valence-electron chi connectivity index (χ1n) is 3.55. The number of carbonyl (C=O) groups is 1. The number of nitrogens with zero attached hydrogens (tertiary/aromatic N) is 1. The lowest BCUT2D eigenvalue weighted by atomic mass is 10.2. The molecule has 0 saturated heterocycles. The molecule has 0 saturated carbocycles. The van der Waals surface area contributed by atoms with Crippen LogP contribution in [0.2, 0.25) is 0 Å². The molecule has 0 heterocycles. The van der Waals surface area contributed by atoms with Crippen LogP contribution in [-0.4, -0.2) is 17.3 Å². The first-order chi connectivity index (χ1) is 5.45. The summed E-state index contributed by atoms with van der Waals surface area (Å²) >= 11 is 0. The van der Waals surface area contributed by atoms with Crippen LogP contribution < -0.4 is 0 Å². The van der Waals surface area contributed by atoms with E-state index in [9.17, 15) is 4.79 Å². The van der Waals surface area contributed by atoms with E-state index in [0.717, 1.165) is 5.57 Å². The van der Waals surface area contributed by atoms with Crippen molar-refractivity contribution < 1.29 is 9.90 Å². The van der Waals surface area contributed by atoms with E-state index < -0.39 is 5.97 Å². The summed E-state index contributed by atoms with van der Waals surface area (Å²) in [6, 6.07) is 0. The molecule has 0 aromatic rings. The van der Waals surface area contributed by atoms with Crippen molar-refractivity contribution in [2.45, 2.75) is 20.8 Å². The molecule has 1 N–H and O–H groups in total. The van der Waals surface area contributed by atoms with Gasteiger partial charge >= 0.3 is 5.97 Å². The van der Waals surface area contributed by atoms with Gasteiger partial charge in [-0.25, -0.2) is 9.79 Å². The van der Waals surface area contributed by atoms with Gasteiger partial charge < -0.3 is 5.11 Å². The number of carboxylic acids is 1. The third kappa shape index (κ3) is 3.71. The summed E-state index contributed by atoms with van der Waals surface area (Å²) < 4.78 is 0. The molecular weight excluding hydrogens is 154 g/mol. The lowest BCUT2D eigenvalue weighted by molar-refractivity contribution is -0.132. The molecule has 0 aliphatic carbocycles. The fourth-order valence-electron chi connectivity index (χ4n) is 0.573. The Morgan fingerprint density at radius 1 is 1.42 bits per heavy atom. The van der Waals surface area contributed by atoms with E-state index in [1.165, 1.54) is 6.21 Å². The van der Waals surface area contributed by atoms with Gasteiger partial charge in [0.25, 0.3) is 0 Å².